The van der Waals surface area contributed by atoms with Crippen LogP contribution in [-0.2, 0) is 18.4 Å². The van der Waals surface area contributed by atoms with E-state index in [0.717, 1.165) is 23.5 Å². The van der Waals surface area contributed by atoms with E-state index in [1.807, 2.05) is 47.5 Å². The standard InChI is InChI=1S/C17H26N6O/c1-11(10-23-8-6-7-18-23)19-14-9-15(24)21(4)17(14)16-12(2)20-22(5)13(16)3/h6-8,11,14,17,19H,9-10H2,1-5H3/t11-,14+,17+/m0/s1. The van der Waals surface area contributed by atoms with Crippen LogP contribution < -0.4 is 5.32 Å². The number of aryl methyl sites for hydroxylation is 2. The number of amides is 1. The van der Waals surface area contributed by atoms with Crippen LogP contribution in [0, 0.1) is 13.8 Å². The predicted molar refractivity (Wildman–Crippen MR) is 91.4 cm³/mol. The number of carbonyl (C=O) groups excluding carboxylic acids is 1. The van der Waals surface area contributed by atoms with Crippen LogP contribution >= 0.6 is 0 Å². The fourth-order valence-corrected chi connectivity index (χ4v) is 3.74. The molecular weight excluding hydrogens is 304 g/mol. The Hall–Kier alpha value is -2.15. The minimum atomic E-state index is 0.0197. The first-order valence-electron chi connectivity index (χ1n) is 8.37. The van der Waals surface area contributed by atoms with Crippen LogP contribution in [0.5, 0.6) is 0 Å². The minimum Gasteiger partial charge on any atom is -0.337 e. The lowest BCUT2D eigenvalue weighted by Gasteiger charge is -2.28. The van der Waals surface area contributed by atoms with Crippen molar-refractivity contribution in [2.45, 2.75) is 51.9 Å². The van der Waals surface area contributed by atoms with Gasteiger partial charge < -0.3 is 10.2 Å². The number of likely N-dealkylation sites (tertiary alicyclic amines) is 1. The largest absolute Gasteiger partial charge is 0.337 e. The second kappa shape index (κ2) is 6.39. The molecule has 24 heavy (non-hydrogen) atoms. The van der Waals surface area contributed by atoms with Gasteiger partial charge in [0.15, 0.2) is 0 Å². The van der Waals surface area contributed by atoms with Crippen molar-refractivity contribution in [3.8, 4) is 0 Å². The topological polar surface area (TPSA) is 68.0 Å². The molecule has 2 aromatic heterocycles. The fourth-order valence-electron chi connectivity index (χ4n) is 3.74. The lowest BCUT2D eigenvalue weighted by atomic mass is 9.97. The number of hydrogen-bond acceptors (Lipinski definition) is 4. The Morgan fingerprint density at radius 1 is 1.38 bits per heavy atom. The second-order valence-electron chi connectivity index (χ2n) is 6.76. The zero-order valence-electron chi connectivity index (χ0n) is 15.0. The molecule has 3 rings (SSSR count). The molecule has 3 atom stereocenters. The molecule has 1 N–H and O–H groups in total. The van der Waals surface area contributed by atoms with Gasteiger partial charge in [-0.3, -0.25) is 14.2 Å². The van der Waals surface area contributed by atoms with Crippen LogP contribution in [-0.4, -0.2) is 49.5 Å². The molecule has 1 aliphatic heterocycles. The summed E-state index contributed by atoms with van der Waals surface area (Å²) in [4.78, 5) is 14.2. The molecule has 0 saturated carbocycles. The monoisotopic (exact) mass is 330 g/mol. The molecule has 0 spiro atoms. The molecule has 3 heterocycles. The van der Waals surface area contributed by atoms with E-state index in [1.165, 1.54) is 0 Å². The van der Waals surface area contributed by atoms with Gasteiger partial charge in [0.05, 0.1) is 18.3 Å². The third kappa shape index (κ3) is 2.96. The summed E-state index contributed by atoms with van der Waals surface area (Å²) < 4.78 is 3.80. The second-order valence-corrected chi connectivity index (χ2v) is 6.76. The maximum absolute atomic E-state index is 12.3. The Bertz CT molecular complexity index is 720. The highest BCUT2D eigenvalue weighted by Gasteiger charge is 2.41. The first kappa shape index (κ1) is 16.7. The van der Waals surface area contributed by atoms with Gasteiger partial charge in [-0.05, 0) is 26.8 Å². The average molecular weight is 330 g/mol. The summed E-state index contributed by atoms with van der Waals surface area (Å²) in [5.41, 5.74) is 3.27. The van der Waals surface area contributed by atoms with Crippen LogP contribution in [0.2, 0.25) is 0 Å². The molecule has 2 aromatic rings. The van der Waals surface area contributed by atoms with Crippen molar-refractivity contribution in [2.75, 3.05) is 7.05 Å². The highest BCUT2D eigenvalue weighted by atomic mass is 16.2. The number of likely N-dealkylation sites (N-methyl/N-ethyl adjacent to an activating group) is 1. The van der Waals surface area contributed by atoms with E-state index in [-0.39, 0.29) is 24.0 Å². The molecule has 0 unspecified atom stereocenters. The number of nitrogens with zero attached hydrogens (tertiary/aromatic N) is 5. The smallest absolute Gasteiger partial charge is 0.224 e. The summed E-state index contributed by atoms with van der Waals surface area (Å²) in [6.45, 7) is 6.99. The molecule has 1 fully saturated rings. The van der Waals surface area contributed by atoms with Gasteiger partial charge in [-0.25, -0.2) is 0 Å². The third-order valence-corrected chi connectivity index (χ3v) is 4.97. The van der Waals surface area contributed by atoms with Crippen LogP contribution in [0.15, 0.2) is 18.5 Å². The maximum atomic E-state index is 12.3. The molecule has 1 amide bonds. The van der Waals surface area contributed by atoms with Crippen LogP contribution in [0.3, 0.4) is 0 Å². The molecule has 0 bridgehead atoms. The van der Waals surface area contributed by atoms with Gasteiger partial charge in [0, 0.05) is 56.3 Å². The van der Waals surface area contributed by atoms with Crippen molar-refractivity contribution in [1.82, 2.24) is 29.8 Å². The molecule has 7 nitrogen and oxygen atoms in total. The van der Waals surface area contributed by atoms with Crippen molar-refractivity contribution in [3.05, 3.63) is 35.4 Å². The van der Waals surface area contributed by atoms with Gasteiger partial charge in [0.2, 0.25) is 5.91 Å². The number of rotatable bonds is 5. The lowest BCUT2D eigenvalue weighted by Crippen LogP contribution is -2.42. The number of carbonyl (C=O) groups is 1. The molecule has 0 radical (unpaired) electrons. The highest BCUT2D eigenvalue weighted by molar-refractivity contribution is 5.80. The van der Waals surface area contributed by atoms with Crippen molar-refractivity contribution in [3.63, 3.8) is 0 Å². The van der Waals surface area contributed by atoms with Crippen LogP contribution in [0.25, 0.3) is 0 Å². The maximum Gasteiger partial charge on any atom is 0.224 e. The van der Waals surface area contributed by atoms with Gasteiger partial charge in [0.25, 0.3) is 0 Å². The molecule has 0 aromatic carbocycles. The van der Waals surface area contributed by atoms with E-state index < -0.39 is 0 Å². The Morgan fingerprint density at radius 3 is 2.71 bits per heavy atom. The van der Waals surface area contributed by atoms with E-state index in [9.17, 15) is 4.79 Å². The predicted octanol–water partition coefficient (Wildman–Crippen LogP) is 1.18. The Morgan fingerprint density at radius 2 is 2.12 bits per heavy atom. The summed E-state index contributed by atoms with van der Waals surface area (Å²) >= 11 is 0. The molecule has 130 valence electrons. The molecule has 1 saturated heterocycles. The molecule has 1 aliphatic rings. The summed E-state index contributed by atoms with van der Waals surface area (Å²) in [5, 5.41) is 12.4. The SMILES string of the molecule is Cc1nn(C)c(C)c1[C@H]1[C@H](N[C@@H](C)Cn2cccn2)CC(=O)N1C. The first-order valence-corrected chi connectivity index (χ1v) is 8.37. The van der Waals surface area contributed by atoms with Crippen LogP contribution in [0.1, 0.15) is 36.3 Å². The van der Waals surface area contributed by atoms with Gasteiger partial charge in [-0.1, -0.05) is 0 Å². The Kier molecular flexibility index (Phi) is 4.45. The highest BCUT2D eigenvalue weighted by Crippen LogP contribution is 2.35. The summed E-state index contributed by atoms with van der Waals surface area (Å²) in [6, 6.07) is 2.24. The minimum absolute atomic E-state index is 0.0197. The van der Waals surface area contributed by atoms with Crippen molar-refractivity contribution >= 4 is 5.91 Å². The number of nitrogens with one attached hydrogen (secondary N) is 1. The average Bonchev–Trinajstić information content (AvgIpc) is 3.16. The van der Waals surface area contributed by atoms with E-state index in [0.29, 0.717) is 6.42 Å². The van der Waals surface area contributed by atoms with Gasteiger partial charge in [-0.15, -0.1) is 0 Å². The van der Waals surface area contributed by atoms with Crippen molar-refractivity contribution < 1.29 is 4.79 Å². The molecule has 0 aliphatic carbocycles. The quantitative estimate of drug-likeness (QED) is 0.894. The first-order chi connectivity index (χ1) is 11.4. The molecule has 7 heteroatoms. The lowest BCUT2D eigenvalue weighted by molar-refractivity contribution is -0.127. The van der Waals surface area contributed by atoms with Crippen molar-refractivity contribution in [2.24, 2.45) is 7.05 Å². The normalized spacial score (nSPS) is 22.4. The summed E-state index contributed by atoms with van der Waals surface area (Å²) in [6.07, 6.45) is 4.25. The third-order valence-electron chi connectivity index (χ3n) is 4.97. The summed E-state index contributed by atoms with van der Waals surface area (Å²) in [5.74, 6) is 0.173. The van der Waals surface area contributed by atoms with Crippen molar-refractivity contribution in [1.29, 1.82) is 0 Å². The zero-order chi connectivity index (χ0) is 17.4. The number of hydrogen-bond donors (Lipinski definition) is 1. The van der Waals surface area contributed by atoms with Gasteiger partial charge in [-0.2, -0.15) is 10.2 Å². The summed E-state index contributed by atoms with van der Waals surface area (Å²) in [7, 11) is 3.84. The number of aromatic nitrogens is 4. The Labute approximate surface area is 142 Å². The van der Waals surface area contributed by atoms with Gasteiger partial charge in [0.1, 0.15) is 0 Å². The van der Waals surface area contributed by atoms with Gasteiger partial charge >= 0.3 is 0 Å². The fraction of sp³-hybridized carbons (Fsp3) is 0.588. The Balaban J connectivity index is 1.81. The van der Waals surface area contributed by atoms with E-state index in [4.69, 9.17) is 0 Å². The zero-order valence-corrected chi connectivity index (χ0v) is 15.0. The van der Waals surface area contributed by atoms with E-state index in [2.05, 4.69) is 29.4 Å². The van der Waals surface area contributed by atoms with Crippen LogP contribution in [0.4, 0.5) is 0 Å². The van der Waals surface area contributed by atoms with E-state index >= 15 is 0 Å². The molecular formula is C17H26N6O. The van der Waals surface area contributed by atoms with E-state index in [1.54, 1.807) is 6.20 Å².